The molecular weight excluding hydrogens is 792 g/mol. The number of esters is 2. The lowest BCUT2D eigenvalue weighted by molar-refractivity contribution is -0.144. The number of carbonyl (C=O) groups excluding carboxylic acids is 4. The van der Waals surface area contributed by atoms with Gasteiger partial charge in [-0.25, -0.2) is 4.79 Å². The van der Waals surface area contributed by atoms with Crippen LogP contribution < -0.4 is 5.32 Å². The van der Waals surface area contributed by atoms with Gasteiger partial charge in [0, 0.05) is 10.7 Å². The Morgan fingerprint density at radius 1 is 0.875 bits per heavy atom. The highest BCUT2D eigenvalue weighted by Crippen LogP contribution is 2.36. The van der Waals surface area contributed by atoms with Crippen molar-refractivity contribution in [1.29, 1.82) is 0 Å². The Kier molecular flexibility index (Phi) is 13.9. The number of halogens is 4. The number of benzene rings is 1. The quantitative estimate of drug-likeness (QED) is 0.283. The molecule has 0 aliphatic carbocycles. The molecule has 1 rings (SSSR count). The molecule has 0 heterocycles. The fourth-order valence-electron chi connectivity index (χ4n) is 2.25. The van der Waals surface area contributed by atoms with Crippen molar-refractivity contribution in [3.05, 3.63) is 21.8 Å². The summed E-state index contributed by atoms with van der Waals surface area (Å²) in [7, 11) is 3.56. The second-order valence-corrected chi connectivity index (χ2v) is 8.90. The zero-order chi connectivity index (χ0) is 23.9. The summed E-state index contributed by atoms with van der Waals surface area (Å²) in [5.74, 6) is -4.28. The average molecular weight is 811 g/mol. The van der Waals surface area contributed by atoms with Crippen molar-refractivity contribution in [2.75, 3.05) is 46.3 Å². The van der Waals surface area contributed by atoms with Crippen LogP contribution >= 0.6 is 80.2 Å². The predicted octanol–water partition coefficient (Wildman–Crippen LogP) is 1.99. The Hall–Kier alpha value is -0.990. The Morgan fingerprint density at radius 2 is 1.34 bits per heavy atom. The van der Waals surface area contributed by atoms with Gasteiger partial charge in [0.25, 0.3) is 5.91 Å². The highest BCUT2D eigenvalue weighted by molar-refractivity contribution is 14.1. The molecule has 1 aromatic rings. The van der Waals surface area contributed by atoms with Gasteiger partial charge in [0.2, 0.25) is 5.91 Å². The zero-order valence-electron chi connectivity index (χ0n) is 16.8. The fourth-order valence-corrected chi connectivity index (χ4v) is 6.61. The number of hydrogen-bond donors (Lipinski definition) is 2. The van der Waals surface area contributed by atoms with Crippen molar-refractivity contribution in [3.8, 4) is 0 Å². The van der Waals surface area contributed by atoms with Crippen LogP contribution in [0.2, 0.25) is 0 Å². The van der Waals surface area contributed by atoms with Crippen LogP contribution in [0.4, 0.5) is 5.69 Å². The standard InChI is InChI=1S/C17H17I3N2O9.ClH/c1-29-6-7(23)21-15-13(19)10(12(18)11(14(15)20)17(27)28)16(26)22(4-8(24)30-2)5-9(25)31-3;/h4-6H2,1-3H3,(H,21,23)(H,27,28);1H. The van der Waals surface area contributed by atoms with Gasteiger partial charge in [-0.1, -0.05) is 0 Å². The molecule has 0 aliphatic heterocycles. The number of carboxylic acid groups (broad SMARTS) is 1. The smallest absolute Gasteiger partial charge is 0.337 e. The highest BCUT2D eigenvalue weighted by Gasteiger charge is 2.32. The van der Waals surface area contributed by atoms with Crippen molar-refractivity contribution in [3.63, 3.8) is 0 Å². The van der Waals surface area contributed by atoms with Crippen LogP contribution in [0.5, 0.6) is 0 Å². The number of carbonyl (C=O) groups is 5. The monoisotopic (exact) mass is 810 g/mol. The van der Waals surface area contributed by atoms with E-state index >= 15 is 0 Å². The number of nitrogens with one attached hydrogen (secondary N) is 1. The van der Waals surface area contributed by atoms with Crippen molar-refractivity contribution in [1.82, 2.24) is 4.90 Å². The molecule has 0 radical (unpaired) electrons. The topological polar surface area (TPSA) is 149 Å². The third-order valence-corrected chi connectivity index (χ3v) is 6.90. The number of ether oxygens (including phenoxy) is 3. The van der Waals surface area contributed by atoms with Crippen molar-refractivity contribution < 1.29 is 43.3 Å². The van der Waals surface area contributed by atoms with Crippen molar-refractivity contribution >= 4 is 116 Å². The molecular formula is C17H18ClI3N2O9. The summed E-state index contributed by atoms with van der Waals surface area (Å²) >= 11 is 5.25. The van der Waals surface area contributed by atoms with Crippen LogP contribution in [0.25, 0.3) is 0 Å². The normalized spacial score (nSPS) is 9.94. The first-order valence-electron chi connectivity index (χ1n) is 8.15. The first-order valence-corrected chi connectivity index (χ1v) is 11.4. The molecule has 2 N–H and O–H groups in total. The Balaban J connectivity index is 0.00000961. The number of aromatic carboxylic acids is 1. The first-order chi connectivity index (χ1) is 14.5. The van der Waals surface area contributed by atoms with Gasteiger partial charge in [-0.2, -0.15) is 0 Å². The van der Waals surface area contributed by atoms with Gasteiger partial charge in [-0.15, -0.1) is 12.4 Å². The van der Waals surface area contributed by atoms with E-state index < -0.39 is 42.8 Å². The predicted molar refractivity (Wildman–Crippen MR) is 139 cm³/mol. The molecule has 0 bridgehead atoms. The fraction of sp³-hybridized carbons (Fsp3) is 0.353. The maximum Gasteiger partial charge on any atom is 0.337 e. The summed E-state index contributed by atoms with van der Waals surface area (Å²) in [6, 6.07) is 0. The number of carboxylic acids is 1. The van der Waals surface area contributed by atoms with Gasteiger partial charge >= 0.3 is 17.9 Å². The van der Waals surface area contributed by atoms with Crippen LogP contribution in [0.1, 0.15) is 20.7 Å². The molecule has 0 saturated carbocycles. The van der Waals surface area contributed by atoms with E-state index in [0.717, 1.165) is 19.1 Å². The zero-order valence-corrected chi connectivity index (χ0v) is 24.1. The second kappa shape index (κ2) is 14.3. The summed E-state index contributed by atoms with van der Waals surface area (Å²) in [6.45, 7) is -1.44. The van der Waals surface area contributed by atoms with E-state index in [0.29, 0.717) is 0 Å². The minimum atomic E-state index is -1.33. The highest BCUT2D eigenvalue weighted by atomic mass is 127. The summed E-state index contributed by atoms with van der Waals surface area (Å²) in [5, 5.41) is 12.2. The number of anilines is 1. The van der Waals surface area contributed by atoms with Crippen molar-refractivity contribution in [2.24, 2.45) is 0 Å². The Bertz CT molecular complexity index is 909. The van der Waals surface area contributed by atoms with Gasteiger partial charge in [0.1, 0.15) is 19.7 Å². The van der Waals surface area contributed by atoms with E-state index in [9.17, 15) is 29.1 Å². The molecule has 0 aliphatic rings. The molecule has 0 atom stereocenters. The minimum absolute atomic E-state index is 0. The number of amides is 2. The molecule has 0 aromatic heterocycles. The molecule has 32 heavy (non-hydrogen) atoms. The van der Waals surface area contributed by atoms with Crippen molar-refractivity contribution in [2.45, 2.75) is 0 Å². The molecule has 1 aromatic carbocycles. The van der Waals surface area contributed by atoms with Gasteiger partial charge in [0.05, 0.1) is 38.2 Å². The van der Waals surface area contributed by atoms with E-state index in [1.54, 1.807) is 67.8 Å². The average Bonchev–Trinajstić information content (AvgIpc) is 2.70. The van der Waals surface area contributed by atoms with E-state index in [2.05, 4.69) is 14.8 Å². The van der Waals surface area contributed by atoms with Gasteiger partial charge in [0.15, 0.2) is 0 Å². The third-order valence-electron chi connectivity index (χ3n) is 3.67. The molecule has 0 spiro atoms. The maximum absolute atomic E-state index is 13.3. The molecule has 2 amide bonds. The molecule has 178 valence electrons. The van der Waals surface area contributed by atoms with Crippen LogP contribution in [0.3, 0.4) is 0 Å². The van der Waals surface area contributed by atoms with Crippen LogP contribution in [-0.2, 0) is 28.6 Å². The van der Waals surface area contributed by atoms with Gasteiger partial charge in [-0.3, -0.25) is 19.2 Å². The molecule has 11 nitrogen and oxygen atoms in total. The summed E-state index contributed by atoms with van der Waals surface area (Å²) in [4.78, 5) is 61.7. The lowest BCUT2D eigenvalue weighted by Crippen LogP contribution is -2.41. The van der Waals surface area contributed by atoms with E-state index in [1.807, 2.05) is 0 Å². The number of rotatable bonds is 9. The Labute approximate surface area is 230 Å². The first kappa shape index (κ1) is 31.0. The van der Waals surface area contributed by atoms with Crippen LogP contribution in [0, 0.1) is 10.7 Å². The maximum atomic E-state index is 13.3. The number of methoxy groups -OCH3 is 3. The van der Waals surface area contributed by atoms with Crippen LogP contribution in [0.15, 0.2) is 0 Å². The number of nitrogens with zero attached hydrogens (tertiary/aromatic N) is 1. The second-order valence-electron chi connectivity index (χ2n) is 5.67. The summed E-state index contributed by atoms with van der Waals surface area (Å²) < 4.78 is 14.4. The van der Waals surface area contributed by atoms with E-state index in [1.165, 1.54) is 7.11 Å². The largest absolute Gasteiger partial charge is 0.478 e. The molecule has 0 saturated heterocycles. The summed E-state index contributed by atoms with van der Waals surface area (Å²) in [5.41, 5.74) is -0.214. The minimum Gasteiger partial charge on any atom is -0.478 e. The summed E-state index contributed by atoms with van der Waals surface area (Å²) in [6.07, 6.45) is 0. The molecule has 15 heteroatoms. The SMILES string of the molecule is COCC(=O)Nc1c(I)c(C(=O)O)c(I)c(C(=O)N(CC(=O)OC)CC(=O)OC)c1I.Cl. The van der Waals surface area contributed by atoms with Gasteiger partial charge < -0.3 is 29.5 Å². The van der Waals surface area contributed by atoms with Crippen LogP contribution in [-0.4, -0.2) is 80.8 Å². The lowest BCUT2D eigenvalue weighted by atomic mass is 10.1. The van der Waals surface area contributed by atoms with E-state index in [4.69, 9.17) is 4.74 Å². The Morgan fingerprint density at radius 3 is 1.75 bits per heavy atom. The molecule has 0 fully saturated rings. The molecule has 0 unspecified atom stereocenters. The van der Waals surface area contributed by atoms with Gasteiger partial charge in [-0.05, 0) is 67.8 Å². The third kappa shape index (κ3) is 7.80. The number of hydrogen-bond acceptors (Lipinski definition) is 8. The lowest BCUT2D eigenvalue weighted by Gasteiger charge is -2.24. The van der Waals surface area contributed by atoms with E-state index in [-0.39, 0.29) is 46.5 Å².